The molecule has 1 aromatic carbocycles. The summed E-state index contributed by atoms with van der Waals surface area (Å²) < 4.78 is 16.1. The first-order valence-electron chi connectivity index (χ1n) is 13.0. The highest BCUT2D eigenvalue weighted by atomic mass is 35.5. The van der Waals surface area contributed by atoms with Gasteiger partial charge in [-0.1, -0.05) is 11.6 Å². The molecule has 8 nitrogen and oxygen atoms in total. The van der Waals surface area contributed by atoms with Gasteiger partial charge in [0.15, 0.2) is 5.82 Å². The number of fused-ring (bicyclic) bond motifs is 2. The van der Waals surface area contributed by atoms with Crippen LogP contribution < -0.4 is 15.1 Å². The van der Waals surface area contributed by atoms with E-state index in [9.17, 15) is 14.0 Å². The molecule has 4 heterocycles. The van der Waals surface area contributed by atoms with Crippen LogP contribution in [0.1, 0.15) is 47.3 Å². The number of halogens is 2. The second-order valence-corrected chi connectivity index (χ2v) is 11.3. The minimum absolute atomic E-state index is 0.0460. The summed E-state index contributed by atoms with van der Waals surface area (Å²) in [6, 6.07) is 8.35. The third-order valence-electron chi connectivity index (χ3n) is 8.29. The van der Waals surface area contributed by atoms with Crippen LogP contribution in [0.15, 0.2) is 42.7 Å². The van der Waals surface area contributed by atoms with E-state index in [4.69, 9.17) is 11.6 Å². The van der Waals surface area contributed by atoms with E-state index in [-0.39, 0.29) is 23.7 Å². The molecule has 1 N–H and O–H groups in total. The number of benzene rings is 1. The van der Waals surface area contributed by atoms with Gasteiger partial charge in [-0.25, -0.2) is 4.39 Å². The third kappa shape index (κ3) is 4.22. The lowest BCUT2D eigenvalue weighted by Crippen LogP contribution is -2.64. The van der Waals surface area contributed by atoms with Crippen LogP contribution in [-0.2, 0) is 17.3 Å². The normalized spacial score (nSPS) is 21.9. The summed E-state index contributed by atoms with van der Waals surface area (Å²) in [5.41, 5.74) is 2.01. The number of pyridine rings is 1. The molecule has 1 aliphatic carbocycles. The summed E-state index contributed by atoms with van der Waals surface area (Å²) in [7, 11) is 1.86. The lowest BCUT2D eigenvalue weighted by Gasteiger charge is -2.47. The third-order valence-corrected chi connectivity index (χ3v) is 8.49. The molecule has 198 valence electrons. The number of amides is 2. The Morgan fingerprint density at radius 1 is 1.18 bits per heavy atom. The van der Waals surface area contributed by atoms with Crippen molar-refractivity contribution in [1.29, 1.82) is 0 Å². The van der Waals surface area contributed by atoms with Gasteiger partial charge in [-0.2, -0.15) is 5.10 Å². The second-order valence-electron chi connectivity index (χ2n) is 10.8. The first-order chi connectivity index (χ1) is 18.2. The van der Waals surface area contributed by atoms with Crippen LogP contribution in [0.2, 0.25) is 5.02 Å². The zero-order valence-corrected chi connectivity index (χ0v) is 22.2. The number of hydrogen-bond donors (Lipinski definition) is 1. The Balaban J connectivity index is 1.11. The lowest BCUT2D eigenvalue weighted by atomic mass is 9.74. The fraction of sp³-hybridized carbons (Fsp3) is 0.429. The van der Waals surface area contributed by atoms with E-state index in [2.05, 4.69) is 20.3 Å². The molecule has 2 amide bonds. The summed E-state index contributed by atoms with van der Waals surface area (Å²) in [4.78, 5) is 34.7. The molecule has 3 aliphatic rings. The van der Waals surface area contributed by atoms with Gasteiger partial charge in [-0.3, -0.25) is 19.3 Å². The minimum Gasteiger partial charge on any atom is -0.352 e. The van der Waals surface area contributed by atoms with Gasteiger partial charge in [-0.15, -0.1) is 0 Å². The molecule has 2 aromatic heterocycles. The number of hydrogen-bond acceptors (Lipinski definition) is 5. The molecule has 38 heavy (non-hydrogen) atoms. The molecule has 0 radical (unpaired) electrons. The van der Waals surface area contributed by atoms with Crippen molar-refractivity contribution in [2.45, 2.75) is 44.1 Å². The van der Waals surface area contributed by atoms with E-state index in [1.54, 1.807) is 23.7 Å². The van der Waals surface area contributed by atoms with Crippen LogP contribution in [0.3, 0.4) is 0 Å². The van der Waals surface area contributed by atoms with Crippen molar-refractivity contribution in [1.82, 2.24) is 20.1 Å². The fourth-order valence-corrected chi connectivity index (χ4v) is 6.34. The SMILES string of the molecule is Cc1ncc(Cl)cc1C(=O)NC1CCC(CN2C(=O)C3(CN(c4ccn(C)n4)C3)c3cc(F)ccc32)CC1. The molecule has 0 unspecified atom stereocenters. The van der Waals surface area contributed by atoms with E-state index in [0.717, 1.165) is 42.8 Å². The monoisotopic (exact) mass is 536 g/mol. The predicted octanol–water partition coefficient (Wildman–Crippen LogP) is 4.01. The molecule has 6 rings (SSSR count). The molecule has 2 fully saturated rings. The zero-order valence-electron chi connectivity index (χ0n) is 21.5. The number of carbonyl (C=O) groups excluding carboxylic acids is 2. The van der Waals surface area contributed by atoms with Crippen LogP contribution in [0.4, 0.5) is 15.9 Å². The molecule has 0 bridgehead atoms. The van der Waals surface area contributed by atoms with Gasteiger partial charge < -0.3 is 15.1 Å². The summed E-state index contributed by atoms with van der Waals surface area (Å²) in [6.45, 7) is 3.38. The van der Waals surface area contributed by atoms with Gasteiger partial charge in [0.1, 0.15) is 11.2 Å². The Labute approximate surface area is 225 Å². The molecule has 0 atom stereocenters. The van der Waals surface area contributed by atoms with Crippen LogP contribution >= 0.6 is 11.6 Å². The maximum absolute atomic E-state index is 14.3. The highest BCUT2D eigenvalue weighted by Crippen LogP contribution is 2.49. The van der Waals surface area contributed by atoms with E-state index in [0.29, 0.717) is 41.8 Å². The van der Waals surface area contributed by atoms with Gasteiger partial charge in [0.05, 0.1) is 16.3 Å². The number of rotatable bonds is 5. The molecular weight excluding hydrogens is 507 g/mol. The van der Waals surface area contributed by atoms with Gasteiger partial charge in [-0.05, 0) is 68.4 Å². The van der Waals surface area contributed by atoms with Crippen molar-refractivity contribution in [3.05, 3.63) is 70.4 Å². The van der Waals surface area contributed by atoms with Crippen molar-refractivity contribution in [3.8, 4) is 0 Å². The summed E-state index contributed by atoms with van der Waals surface area (Å²) in [5, 5.41) is 8.02. The second kappa shape index (κ2) is 9.38. The van der Waals surface area contributed by atoms with Crippen LogP contribution in [0, 0.1) is 18.7 Å². The number of aryl methyl sites for hydroxylation is 2. The zero-order chi connectivity index (χ0) is 26.6. The average molecular weight is 537 g/mol. The Morgan fingerprint density at radius 2 is 1.95 bits per heavy atom. The van der Waals surface area contributed by atoms with Crippen molar-refractivity contribution < 1.29 is 14.0 Å². The van der Waals surface area contributed by atoms with Crippen molar-refractivity contribution in [3.63, 3.8) is 0 Å². The number of carbonyl (C=O) groups is 2. The van der Waals surface area contributed by atoms with Gasteiger partial charge in [0.2, 0.25) is 5.91 Å². The lowest BCUT2D eigenvalue weighted by molar-refractivity contribution is -0.124. The molecular formula is C28H30ClFN6O2. The molecule has 2 aliphatic heterocycles. The standard InChI is InChI=1S/C28H30ClFN6O2/c1-17-22(11-19(29)13-31-17)26(37)32-21-6-3-18(4-7-21)14-36-24-8-5-20(30)12-23(24)28(27(36)38)15-35(16-28)25-9-10-34(2)33-25/h5,8-13,18,21H,3-4,6-7,14-16H2,1-2H3,(H,32,37). The number of anilines is 2. The molecule has 1 saturated carbocycles. The van der Waals surface area contributed by atoms with Crippen molar-refractivity contribution in [2.75, 3.05) is 29.4 Å². The highest BCUT2D eigenvalue weighted by Gasteiger charge is 2.58. The first-order valence-corrected chi connectivity index (χ1v) is 13.4. The summed E-state index contributed by atoms with van der Waals surface area (Å²) in [6.07, 6.45) is 6.87. The highest BCUT2D eigenvalue weighted by molar-refractivity contribution is 6.30. The van der Waals surface area contributed by atoms with Crippen LogP contribution in [-0.4, -0.2) is 52.3 Å². The Kier molecular flexibility index (Phi) is 6.13. The number of nitrogens with zero attached hydrogens (tertiary/aromatic N) is 5. The maximum Gasteiger partial charge on any atom is 0.253 e. The number of aromatic nitrogens is 3. The Morgan fingerprint density at radius 3 is 2.66 bits per heavy atom. The smallest absolute Gasteiger partial charge is 0.253 e. The summed E-state index contributed by atoms with van der Waals surface area (Å²) in [5.74, 6) is 0.698. The van der Waals surface area contributed by atoms with E-state index >= 15 is 0 Å². The predicted molar refractivity (Wildman–Crippen MR) is 143 cm³/mol. The minimum atomic E-state index is -0.733. The van der Waals surface area contributed by atoms with E-state index in [1.807, 2.05) is 24.2 Å². The van der Waals surface area contributed by atoms with Crippen LogP contribution in [0.25, 0.3) is 0 Å². The first kappa shape index (κ1) is 24.9. The Hall–Kier alpha value is -3.46. The van der Waals surface area contributed by atoms with E-state index < -0.39 is 5.41 Å². The molecule has 1 spiro atoms. The van der Waals surface area contributed by atoms with Crippen molar-refractivity contribution >= 4 is 34.9 Å². The van der Waals surface area contributed by atoms with Gasteiger partial charge in [0.25, 0.3) is 5.91 Å². The quantitative estimate of drug-likeness (QED) is 0.533. The van der Waals surface area contributed by atoms with Gasteiger partial charge in [0, 0.05) is 56.9 Å². The maximum atomic E-state index is 14.3. The molecule has 1 saturated heterocycles. The topological polar surface area (TPSA) is 83.4 Å². The van der Waals surface area contributed by atoms with Crippen molar-refractivity contribution in [2.24, 2.45) is 13.0 Å². The Bertz CT molecular complexity index is 1410. The largest absolute Gasteiger partial charge is 0.352 e. The average Bonchev–Trinajstić information content (AvgIpc) is 3.39. The van der Waals surface area contributed by atoms with Gasteiger partial charge >= 0.3 is 0 Å². The molecule has 10 heteroatoms. The van der Waals surface area contributed by atoms with Crippen LogP contribution in [0.5, 0.6) is 0 Å². The van der Waals surface area contributed by atoms with E-state index in [1.165, 1.54) is 18.3 Å². The summed E-state index contributed by atoms with van der Waals surface area (Å²) >= 11 is 6.03. The molecule has 3 aromatic rings. The fourth-order valence-electron chi connectivity index (χ4n) is 6.18. The number of nitrogens with one attached hydrogen (secondary N) is 1.